The molecule has 0 spiro atoms. The van der Waals surface area contributed by atoms with E-state index in [0.29, 0.717) is 24.7 Å². The van der Waals surface area contributed by atoms with Crippen molar-refractivity contribution in [1.82, 2.24) is 0 Å². The third kappa shape index (κ3) is 4.81. The largest absolute Gasteiger partial charge is 0.456 e. The minimum absolute atomic E-state index is 0.302. The van der Waals surface area contributed by atoms with E-state index in [1.54, 1.807) is 7.05 Å². The van der Waals surface area contributed by atoms with Gasteiger partial charge in [0.05, 0.1) is 0 Å². The topological polar surface area (TPSA) is 38.7 Å². The molecule has 0 unspecified atom stereocenters. The summed E-state index contributed by atoms with van der Waals surface area (Å²) in [5.74, 6) is 0.0861. The van der Waals surface area contributed by atoms with Crippen molar-refractivity contribution in [1.29, 1.82) is 0 Å². The molecule has 92 valence electrons. The summed E-state index contributed by atoms with van der Waals surface area (Å²) in [6.45, 7) is 4.40. The molecule has 0 saturated heterocycles. The number of nitrogens with zero attached hydrogens (tertiary/aromatic N) is 1. The number of esters is 1. The summed E-state index contributed by atoms with van der Waals surface area (Å²) in [4.78, 5) is 15.7. The Hall–Kier alpha value is -1.64. The molecule has 3 heteroatoms. The highest BCUT2D eigenvalue weighted by molar-refractivity contribution is 6.36. The fourth-order valence-electron chi connectivity index (χ4n) is 1.46. The first-order valence-corrected chi connectivity index (χ1v) is 5.80. The normalized spacial score (nSPS) is 11.6. The molecule has 0 N–H and O–H groups in total. The number of rotatable bonds is 5. The van der Waals surface area contributed by atoms with Crippen LogP contribution >= 0.6 is 0 Å². The predicted octanol–water partition coefficient (Wildman–Crippen LogP) is 2.85. The second-order valence-electron chi connectivity index (χ2n) is 4.33. The van der Waals surface area contributed by atoms with Crippen LogP contribution in [0.15, 0.2) is 35.3 Å². The van der Waals surface area contributed by atoms with Crippen LogP contribution < -0.4 is 0 Å². The Morgan fingerprint density at radius 1 is 1.29 bits per heavy atom. The number of benzene rings is 1. The minimum Gasteiger partial charge on any atom is -0.456 e. The SMILES string of the molecule is CN=C(CC(C)C)C(=O)OCc1ccccc1. The van der Waals surface area contributed by atoms with E-state index < -0.39 is 0 Å². The lowest BCUT2D eigenvalue weighted by Crippen LogP contribution is -2.19. The number of carbonyl (C=O) groups is 1. The molecule has 0 heterocycles. The van der Waals surface area contributed by atoms with E-state index in [0.717, 1.165) is 5.56 Å². The summed E-state index contributed by atoms with van der Waals surface area (Å²) in [5, 5.41) is 0. The van der Waals surface area contributed by atoms with Gasteiger partial charge in [-0.3, -0.25) is 4.99 Å². The third-order valence-electron chi connectivity index (χ3n) is 2.32. The molecule has 0 saturated carbocycles. The highest BCUT2D eigenvalue weighted by Gasteiger charge is 2.13. The summed E-state index contributed by atoms with van der Waals surface area (Å²) in [5.41, 5.74) is 1.50. The first-order valence-electron chi connectivity index (χ1n) is 5.80. The lowest BCUT2D eigenvalue weighted by Gasteiger charge is -2.08. The van der Waals surface area contributed by atoms with Crippen molar-refractivity contribution in [3.63, 3.8) is 0 Å². The van der Waals surface area contributed by atoms with Crippen LogP contribution in [0.4, 0.5) is 0 Å². The monoisotopic (exact) mass is 233 g/mol. The maximum atomic E-state index is 11.7. The zero-order valence-electron chi connectivity index (χ0n) is 10.6. The minimum atomic E-state index is -0.315. The van der Waals surface area contributed by atoms with Gasteiger partial charge in [-0.2, -0.15) is 0 Å². The molecule has 17 heavy (non-hydrogen) atoms. The molecule has 0 aromatic heterocycles. The molecule has 1 aromatic carbocycles. The molecule has 0 aliphatic carbocycles. The Balaban J connectivity index is 2.49. The standard InChI is InChI=1S/C14H19NO2/c1-11(2)9-13(15-3)14(16)17-10-12-7-5-4-6-8-12/h4-8,11H,9-10H2,1-3H3. The van der Waals surface area contributed by atoms with Crippen LogP contribution in [0.3, 0.4) is 0 Å². The number of aliphatic imine (C=N–C) groups is 1. The molecule has 0 radical (unpaired) electrons. The van der Waals surface area contributed by atoms with Gasteiger partial charge in [-0.15, -0.1) is 0 Å². The summed E-state index contributed by atoms with van der Waals surface area (Å²) in [6, 6.07) is 9.64. The molecule has 0 amide bonds. The highest BCUT2D eigenvalue weighted by atomic mass is 16.5. The Morgan fingerprint density at radius 3 is 2.47 bits per heavy atom. The van der Waals surface area contributed by atoms with Gasteiger partial charge in [-0.05, 0) is 17.9 Å². The van der Waals surface area contributed by atoms with Gasteiger partial charge in [0.15, 0.2) is 0 Å². The van der Waals surface area contributed by atoms with Crippen LogP contribution in [0.5, 0.6) is 0 Å². The van der Waals surface area contributed by atoms with Gasteiger partial charge in [0.2, 0.25) is 0 Å². The molecule has 0 fully saturated rings. The van der Waals surface area contributed by atoms with Crippen molar-refractivity contribution >= 4 is 11.7 Å². The fourth-order valence-corrected chi connectivity index (χ4v) is 1.46. The Kier molecular flexibility index (Phi) is 5.40. The Bertz CT molecular complexity index is 382. The van der Waals surface area contributed by atoms with E-state index in [2.05, 4.69) is 18.8 Å². The molecule has 0 atom stereocenters. The van der Waals surface area contributed by atoms with Crippen LogP contribution in [-0.2, 0) is 16.1 Å². The number of hydrogen-bond acceptors (Lipinski definition) is 3. The van der Waals surface area contributed by atoms with Crippen molar-refractivity contribution in [2.75, 3.05) is 7.05 Å². The lowest BCUT2D eigenvalue weighted by atomic mass is 10.1. The molecule has 0 bridgehead atoms. The van der Waals surface area contributed by atoms with Gasteiger partial charge in [0.25, 0.3) is 0 Å². The second-order valence-corrected chi connectivity index (χ2v) is 4.33. The Morgan fingerprint density at radius 2 is 1.94 bits per heavy atom. The lowest BCUT2D eigenvalue weighted by molar-refractivity contribution is -0.137. The summed E-state index contributed by atoms with van der Waals surface area (Å²) >= 11 is 0. The van der Waals surface area contributed by atoms with Crippen molar-refractivity contribution in [2.45, 2.75) is 26.9 Å². The van der Waals surface area contributed by atoms with Gasteiger partial charge in [-0.1, -0.05) is 44.2 Å². The molecule has 1 rings (SSSR count). The van der Waals surface area contributed by atoms with Crippen molar-refractivity contribution in [3.05, 3.63) is 35.9 Å². The predicted molar refractivity (Wildman–Crippen MR) is 69.1 cm³/mol. The molecular weight excluding hydrogens is 214 g/mol. The van der Waals surface area contributed by atoms with E-state index in [4.69, 9.17) is 4.74 Å². The first-order chi connectivity index (χ1) is 8.13. The molecule has 0 aliphatic rings. The Labute approximate surface area is 103 Å². The van der Waals surface area contributed by atoms with Gasteiger partial charge in [0, 0.05) is 7.05 Å². The summed E-state index contributed by atoms with van der Waals surface area (Å²) < 4.78 is 5.21. The summed E-state index contributed by atoms with van der Waals surface area (Å²) in [7, 11) is 1.63. The van der Waals surface area contributed by atoms with E-state index in [9.17, 15) is 4.79 Å². The van der Waals surface area contributed by atoms with E-state index in [1.807, 2.05) is 30.3 Å². The highest BCUT2D eigenvalue weighted by Crippen LogP contribution is 2.06. The van der Waals surface area contributed by atoms with E-state index in [1.165, 1.54) is 0 Å². The first kappa shape index (κ1) is 13.4. The molecule has 0 aliphatic heterocycles. The number of ether oxygens (including phenoxy) is 1. The van der Waals surface area contributed by atoms with Crippen LogP contribution in [0.1, 0.15) is 25.8 Å². The van der Waals surface area contributed by atoms with Gasteiger partial charge < -0.3 is 4.74 Å². The molecular formula is C14H19NO2. The van der Waals surface area contributed by atoms with Crippen LogP contribution in [0.2, 0.25) is 0 Å². The smallest absolute Gasteiger partial charge is 0.352 e. The van der Waals surface area contributed by atoms with Gasteiger partial charge in [0.1, 0.15) is 12.3 Å². The summed E-state index contributed by atoms with van der Waals surface area (Å²) in [6.07, 6.45) is 0.657. The van der Waals surface area contributed by atoms with E-state index in [-0.39, 0.29) is 5.97 Å². The van der Waals surface area contributed by atoms with Crippen molar-refractivity contribution in [3.8, 4) is 0 Å². The van der Waals surface area contributed by atoms with Crippen LogP contribution in [0, 0.1) is 5.92 Å². The van der Waals surface area contributed by atoms with Gasteiger partial charge in [-0.25, -0.2) is 4.79 Å². The van der Waals surface area contributed by atoms with Crippen LogP contribution in [0.25, 0.3) is 0 Å². The molecule has 3 nitrogen and oxygen atoms in total. The zero-order chi connectivity index (χ0) is 12.7. The maximum absolute atomic E-state index is 11.7. The maximum Gasteiger partial charge on any atom is 0.352 e. The van der Waals surface area contributed by atoms with Crippen molar-refractivity contribution < 1.29 is 9.53 Å². The van der Waals surface area contributed by atoms with Gasteiger partial charge >= 0.3 is 5.97 Å². The quantitative estimate of drug-likeness (QED) is 0.579. The average Bonchev–Trinajstić information content (AvgIpc) is 2.34. The average molecular weight is 233 g/mol. The zero-order valence-corrected chi connectivity index (χ0v) is 10.6. The van der Waals surface area contributed by atoms with Crippen molar-refractivity contribution in [2.24, 2.45) is 10.9 Å². The number of hydrogen-bond donors (Lipinski definition) is 0. The van der Waals surface area contributed by atoms with Crippen LogP contribution in [-0.4, -0.2) is 18.7 Å². The van der Waals surface area contributed by atoms with E-state index >= 15 is 0 Å². The fraction of sp³-hybridized carbons (Fsp3) is 0.429. The second kappa shape index (κ2) is 6.84. The number of carbonyl (C=O) groups excluding carboxylic acids is 1. The third-order valence-corrected chi connectivity index (χ3v) is 2.32. The molecule has 1 aromatic rings.